The number of alkyl halides is 1. The van der Waals surface area contributed by atoms with E-state index in [0.717, 1.165) is 28.2 Å². The summed E-state index contributed by atoms with van der Waals surface area (Å²) in [6.07, 6.45) is 1.88. The molecule has 0 atom stereocenters. The third kappa shape index (κ3) is 1.87. The Bertz CT molecular complexity index is 689. The van der Waals surface area contributed by atoms with Gasteiger partial charge in [0.15, 0.2) is 5.65 Å². The van der Waals surface area contributed by atoms with E-state index in [9.17, 15) is 0 Å². The fourth-order valence-corrected chi connectivity index (χ4v) is 2.12. The van der Waals surface area contributed by atoms with Gasteiger partial charge in [-0.2, -0.15) is 5.10 Å². The highest BCUT2D eigenvalue weighted by Crippen LogP contribution is 2.20. The summed E-state index contributed by atoms with van der Waals surface area (Å²) in [5.41, 5.74) is 4.85. The first-order valence-electron chi connectivity index (χ1n) is 5.75. The molecule has 0 saturated carbocycles. The van der Waals surface area contributed by atoms with Crippen molar-refractivity contribution in [3.63, 3.8) is 0 Å². The van der Waals surface area contributed by atoms with Crippen molar-refractivity contribution >= 4 is 17.2 Å². The Labute approximate surface area is 110 Å². The molecule has 0 aliphatic heterocycles. The van der Waals surface area contributed by atoms with Crippen LogP contribution in [-0.4, -0.2) is 14.6 Å². The largest absolute Gasteiger partial charge is 0.231 e. The Morgan fingerprint density at radius 2 is 2.00 bits per heavy atom. The lowest BCUT2D eigenvalue weighted by molar-refractivity contribution is 0.933. The zero-order valence-electron chi connectivity index (χ0n) is 9.97. The fraction of sp³-hybridized carbons (Fsp3) is 0.143. The van der Waals surface area contributed by atoms with Gasteiger partial charge in [-0.15, -0.1) is 11.6 Å². The lowest BCUT2D eigenvalue weighted by Gasteiger charge is -2.03. The Balaban J connectivity index is 2.21. The zero-order valence-corrected chi connectivity index (χ0v) is 10.7. The van der Waals surface area contributed by atoms with Gasteiger partial charge < -0.3 is 0 Å². The number of hydrogen-bond donors (Lipinski definition) is 0. The van der Waals surface area contributed by atoms with Gasteiger partial charge in [-0.3, -0.25) is 0 Å². The van der Waals surface area contributed by atoms with Gasteiger partial charge in [0.25, 0.3) is 0 Å². The number of rotatable bonds is 2. The van der Waals surface area contributed by atoms with Gasteiger partial charge in [0, 0.05) is 5.56 Å². The van der Waals surface area contributed by atoms with E-state index in [0.29, 0.717) is 5.88 Å². The number of benzene rings is 1. The molecule has 0 fully saturated rings. The number of fused-ring (bicyclic) bond motifs is 1. The number of imidazole rings is 1. The topological polar surface area (TPSA) is 30.2 Å². The second-order valence-corrected chi connectivity index (χ2v) is 4.48. The molecular formula is C14H12ClN3. The van der Waals surface area contributed by atoms with Gasteiger partial charge in [0.2, 0.25) is 0 Å². The predicted molar refractivity (Wildman–Crippen MR) is 72.7 cm³/mol. The molecule has 0 N–H and O–H groups in total. The molecule has 2 heterocycles. The third-order valence-corrected chi connectivity index (χ3v) is 3.14. The lowest BCUT2D eigenvalue weighted by Crippen LogP contribution is -1.96. The minimum absolute atomic E-state index is 0.406. The summed E-state index contributed by atoms with van der Waals surface area (Å²) in [7, 11) is 0. The van der Waals surface area contributed by atoms with E-state index < -0.39 is 0 Å². The first kappa shape index (κ1) is 11.2. The molecule has 1 aromatic carbocycles. The summed E-state index contributed by atoms with van der Waals surface area (Å²) in [6.45, 7) is 2.04. The van der Waals surface area contributed by atoms with E-state index >= 15 is 0 Å². The van der Waals surface area contributed by atoms with E-state index in [1.807, 2.05) is 43.5 Å². The first-order chi connectivity index (χ1) is 8.78. The summed E-state index contributed by atoms with van der Waals surface area (Å²) in [6, 6.07) is 12.2. The molecule has 0 spiro atoms. The number of nitrogens with zero attached hydrogens (tertiary/aromatic N) is 3. The number of halogens is 1. The smallest absolute Gasteiger partial charge is 0.156 e. The van der Waals surface area contributed by atoms with Gasteiger partial charge in [-0.25, -0.2) is 9.50 Å². The highest BCUT2D eigenvalue weighted by molar-refractivity contribution is 6.16. The molecular weight excluding hydrogens is 246 g/mol. The van der Waals surface area contributed by atoms with E-state index in [2.05, 4.69) is 16.1 Å². The van der Waals surface area contributed by atoms with Gasteiger partial charge in [0.1, 0.15) is 0 Å². The van der Waals surface area contributed by atoms with Crippen LogP contribution in [0.5, 0.6) is 0 Å². The molecule has 0 amide bonds. The molecule has 0 saturated heterocycles. The molecule has 90 valence electrons. The summed E-state index contributed by atoms with van der Waals surface area (Å²) in [5, 5.41) is 4.57. The first-order valence-corrected chi connectivity index (χ1v) is 6.28. The van der Waals surface area contributed by atoms with Crippen LogP contribution >= 0.6 is 11.6 Å². The Morgan fingerprint density at radius 3 is 2.72 bits per heavy atom. The SMILES string of the molecule is Cc1cc(-c2ccccc2)nn2cc(CCl)nc12. The minimum Gasteiger partial charge on any atom is -0.231 e. The normalized spacial score (nSPS) is 11.0. The summed E-state index contributed by atoms with van der Waals surface area (Å²) >= 11 is 5.80. The van der Waals surface area contributed by atoms with E-state index in [4.69, 9.17) is 11.6 Å². The van der Waals surface area contributed by atoms with Crippen molar-refractivity contribution in [2.45, 2.75) is 12.8 Å². The quantitative estimate of drug-likeness (QED) is 0.659. The van der Waals surface area contributed by atoms with Crippen LogP contribution in [0.2, 0.25) is 0 Å². The molecule has 3 nitrogen and oxygen atoms in total. The second-order valence-electron chi connectivity index (χ2n) is 4.21. The van der Waals surface area contributed by atoms with Crippen LogP contribution in [0, 0.1) is 6.92 Å². The van der Waals surface area contributed by atoms with E-state index in [-0.39, 0.29) is 0 Å². The van der Waals surface area contributed by atoms with Crippen LogP contribution < -0.4 is 0 Å². The lowest BCUT2D eigenvalue weighted by atomic mass is 10.1. The highest BCUT2D eigenvalue weighted by Gasteiger charge is 2.07. The molecule has 0 aliphatic carbocycles. The van der Waals surface area contributed by atoms with Crippen LogP contribution in [0.15, 0.2) is 42.6 Å². The zero-order chi connectivity index (χ0) is 12.5. The van der Waals surface area contributed by atoms with Crippen molar-refractivity contribution in [2.24, 2.45) is 0 Å². The highest BCUT2D eigenvalue weighted by atomic mass is 35.5. The summed E-state index contributed by atoms with van der Waals surface area (Å²) in [4.78, 5) is 4.43. The molecule has 0 radical (unpaired) electrons. The Morgan fingerprint density at radius 1 is 1.22 bits per heavy atom. The fourth-order valence-electron chi connectivity index (χ4n) is 1.99. The van der Waals surface area contributed by atoms with Crippen molar-refractivity contribution in [3.8, 4) is 11.3 Å². The van der Waals surface area contributed by atoms with Crippen LogP contribution in [0.1, 0.15) is 11.3 Å². The monoisotopic (exact) mass is 257 g/mol. The van der Waals surface area contributed by atoms with Gasteiger partial charge in [0.05, 0.1) is 23.5 Å². The summed E-state index contributed by atoms with van der Waals surface area (Å²) < 4.78 is 1.80. The number of hydrogen-bond acceptors (Lipinski definition) is 2. The Kier molecular flexibility index (Phi) is 2.76. The molecule has 3 aromatic rings. The van der Waals surface area contributed by atoms with E-state index in [1.54, 1.807) is 4.52 Å². The molecule has 0 unspecified atom stereocenters. The third-order valence-electron chi connectivity index (χ3n) is 2.87. The van der Waals surface area contributed by atoms with Crippen molar-refractivity contribution in [2.75, 3.05) is 0 Å². The predicted octanol–water partition coefficient (Wildman–Crippen LogP) is 3.44. The van der Waals surface area contributed by atoms with Crippen molar-refractivity contribution in [1.82, 2.24) is 14.6 Å². The Hall–Kier alpha value is -1.87. The molecule has 0 bridgehead atoms. The van der Waals surface area contributed by atoms with Crippen molar-refractivity contribution in [3.05, 3.63) is 53.9 Å². The minimum atomic E-state index is 0.406. The van der Waals surface area contributed by atoms with Crippen LogP contribution in [0.3, 0.4) is 0 Å². The van der Waals surface area contributed by atoms with Gasteiger partial charge >= 0.3 is 0 Å². The average Bonchev–Trinajstić information content (AvgIpc) is 2.83. The summed E-state index contributed by atoms with van der Waals surface area (Å²) in [5.74, 6) is 0.406. The second kappa shape index (κ2) is 4.42. The van der Waals surface area contributed by atoms with Crippen molar-refractivity contribution < 1.29 is 0 Å². The maximum Gasteiger partial charge on any atom is 0.156 e. The number of aryl methyl sites for hydroxylation is 1. The molecule has 0 aliphatic rings. The van der Waals surface area contributed by atoms with Gasteiger partial charge in [-0.05, 0) is 18.6 Å². The van der Waals surface area contributed by atoms with Crippen LogP contribution in [0.25, 0.3) is 16.9 Å². The maximum atomic E-state index is 5.80. The molecule has 2 aromatic heterocycles. The van der Waals surface area contributed by atoms with Gasteiger partial charge in [-0.1, -0.05) is 30.3 Å². The molecule has 18 heavy (non-hydrogen) atoms. The molecule has 3 rings (SSSR count). The standard InChI is InChI=1S/C14H12ClN3/c1-10-7-13(11-5-3-2-4-6-11)17-18-9-12(8-15)16-14(10)18/h2-7,9H,8H2,1H3. The van der Waals surface area contributed by atoms with Crippen molar-refractivity contribution in [1.29, 1.82) is 0 Å². The maximum absolute atomic E-state index is 5.80. The number of aromatic nitrogens is 3. The van der Waals surface area contributed by atoms with Crippen LogP contribution in [-0.2, 0) is 5.88 Å². The van der Waals surface area contributed by atoms with Crippen LogP contribution in [0.4, 0.5) is 0 Å². The molecule has 4 heteroatoms. The average molecular weight is 258 g/mol. The van der Waals surface area contributed by atoms with E-state index in [1.165, 1.54) is 0 Å².